The van der Waals surface area contributed by atoms with E-state index < -0.39 is 34.0 Å². The van der Waals surface area contributed by atoms with Crippen molar-refractivity contribution >= 4 is 42.0 Å². The molecular weight excluding hydrogens is 448 g/mol. The molecule has 1 unspecified atom stereocenters. The normalized spacial score (nSPS) is 13.3. The SMILES string of the molecule is CC(C)CC(C)(C)OCC(C)(S)C(=O)NCC(=O)NCC(=O)NCC(=O)NCC(=O)C(C)C. The van der Waals surface area contributed by atoms with E-state index in [-0.39, 0.29) is 44.5 Å². The van der Waals surface area contributed by atoms with E-state index >= 15 is 0 Å². The maximum absolute atomic E-state index is 12.4. The maximum atomic E-state index is 12.4. The third-order valence-electron chi connectivity index (χ3n) is 4.54. The number of ketones is 1. The largest absolute Gasteiger partial charge is 0.374 e. The first kappa shape index (κ1) is 30.9. The summed E-state index contributed by atoms with van der Waals surface area (Å²) in [6.07, 6.45) is 0.820. The molecule has 0 radical (unpaired) electrons. The van der Waals surface area contributed by atoms with Gasteiger partial charge in [0.1, 0.15) is 4.75 Å². The Kier molecular flexibility index (Phi) is 13.3. The van der Waals surface area contributed by atoms with Gasteiger partial charge in [-0.25, -0.2) is 0 Å². The molecular formula is C22H40N4O6S. The molecule has 4 N–H and O–H groups in total. The minimum absolute atomic E-state index is 0.0660. The summed E-state index contributed by atoms with van der Waals surface area (Å²) < 4.78 is 4.72. The summed E-state index contributed by atoms with van der Waals surface area (Å²) in [7, 11) is 0. The third kappa shape index (κ3) is 14.6. The van der Waals surface area contributed by atoms with E-state index in [4.69, 9.17) is 4.74 Å². The van der Waals surface area contributed by atoms with E-state index in [1.165, 1.54) is 0 Å². The van der Waals surface area contributed by atoms with Gasteiger partial charge in [-0.3, -0.25) is 24.0 Å². The van der Waals surface area contributed by atoms with E-state index in [1.807, 2.05) is 13.8 Å². The number of carbonyl (C=O) groups is 5. The first-order valence-corrected chi connectivity index (χ1v) is 11.5. The van der Waals surface area contributed by atoms with E-state index in [0.29, 0.717) is 5.92 Å². The lowest BCUT2D eigenvalue weighted by Crippen LogP contribution is -2.49. The minimum atomic E-state index is -1.14. The van der Waals surface area contributed by atoms with Crippen molar-refractivity contribution in [3.05, 3.63) is 0 Å². The lowest BCUT2D eigenvalue weighted by molar-refractivity contribution is -0.130. The number of thiol groups is 1. The fourth-order valence-corrected chi connectivity index (χ4v) is 2.87. The van der Waals surface area contributed by atoms with Crippen LogP contribution in [0.15, 0.2) is 0 Å². The Morgan fingerprint density at radius 1 is 0.758 bits per heavy atom. The van der Waals surface area contributed by atoms with Crippen LogP contribution in [-0.4, -0.2) is 72.5 Å². The number of carbonyl (C=O) groups excluding carboxylic acids is 5. The molecule has 0 aliphatic carbocycles. The molecule has 10 nitrogen and oxygen atoms in total. The van der Waals surface area contributed by atoms with Crippen LogP contribution >= 0.6 is 12.6 Å². The molecule has 0 aliphatic heterocycles. The van der Waals surface area contributed by atoms with Crippen molar-refractivity contribution in [2.75, 3.05) is 32.8 Å². The summed E-state index contributed by atoms with van der Waals surface area (Å²) in [5.74, 6) is -2.02. The third-order valence-corrected chi connectivity index (χ3v) is 4.87. The van der Waals surface area contributed by atoms with Crippen molar-refractivity contribution in [1.82, 2.24) is 21.3 Å². The predicted octanol–water partition coefficient (Wildman–Crippen LogP) is 0.206. The Hall–Kier alpha value is -2.14. The van der Waals surface area contributed by atoms with Gasteiger partial charge >= 0.3 is 0 Å². The van der Waals surface area contributed by atoms with Gasteiger partial charge in [-0.05, 0) is 33.1 Å². The Labute approximate surface area is 202 Å². The fraction of sp³-hybridized carbons (Fsp3) is 0.773. The highest BCUT2D eigenvalue weighted by molar-refractivity contribution is 7.82. The number of nitrogens with one attached hydrogen (secondary N) is 4. The number of hydrogen-bond acceptors (Lipinski definition) is 7. The van der Waals surface area contributed by atoms with Crippen molar-refractivity contribution in [1.29, 1.82) is 0 Å². The number of hydrogen-bond donors (Lipinski definition) is 5. The number of amides is 4. The van der Waals surface area contributed by atoms with Crippen molar-refractivity contribution in [3.8, 4) is 0 Å². The zero-order valence-corrected chi connectivity index (χ0v) is 21.7. The molecule has 1 atom stereocenters. The van der Waals surface area contributed by atoms with Gasteiger partial charge in [-0.2, -0.15) is 12.6 Å². The van der Waals surface area contributed by atoms with Gasteiger partial charge in [-0.1, -0.05) is 27.7 Å². The molecule has 0 fully saturated rings. The molecule has 33 heavy (non-hydrogen) atoms. The standard InChI is InChI=1S/C22H40N4O6S/c1-14(2)8-21(5,6)32-13-22(7,33)20(31)26-12-19(30)25-11-18(29)24-10-17(28)23-9-16(27)15(3)4/h14-15,33H,8-13H2,1-7H3,(H,23,28)(H,24,29)(H,25,30)(H,26,31). The van der Waals surface area contributed by atoms with Crippen molar-refractivity contribution in [2.45, 2.75) is 65.2 Å². The first-order valence-electron chi connectivity index (χ1n) is 11.0. The zero-order chi connectivity index (χ0) is 25.8. The second-order valence-corrected chi connectivity index (χ2v) is 10.5. The molecule has 0 aromatic carbocycles. The lowest BCUT2D eigenvalue weighted by atomic mass is 9.96. The van der Waals surface area contributed by atoms with Crippen LogP contribution in [0.4, 0.5) is 0 Å². The first-order chi connectivity index (χ1) is 15.1. The average Bonchev–Trinajstić information content (AvgIpc) is 2.70. The number of ether oxygens (including phenoxy) is 1. The molecule has 0 saturated heterocycles. The van der Waals surface area contributed by atoms with Gasteiger partial charge in [0.2, 0.25) is 23.6 Å². The predicted molar refractivity (Wildman–Crippen MR) is 129 cm³/mol. The molecule has 0 aromatic rings. The monoisotopic (exact) mass is 488 g/mol. The number of Topliss-reactive ketones (excluding diaryl/α,β-unsaturated/α-hetero) is 1. The summed E-state index contributed by atoms with van der Waals surface area (Å²) in [5.41, 5.74) is -0.413. The Balaban J connectivity index is 4.24. The van der Waals surface area contributed by atoms with Crippen LogP contribution in [0.2, 0.25) is 0 Å². The van der Waals surface area contributed by atoms with E-state index in [1.54, 1.807) is 20.8 Å². The van der Waals surface area contributed by atoms with Crippen molar-refractivity contribution < 1.29 is 28.7 Å². The zero-order valence-electron chi connectivity index (χ0n) is 20.8. The molecule has 0 rings (SSSR count). The van der Waals surface area contributed by atoms with Gasteiger partial charge in [0.15, 0.2) is 5.78 Å². The molecule has 11 heteroatoms. The topological polar surface area (TPSA) is 143 Å². The number of rotatable bonds is 15. The highest BCUT2D eigenvalue weighted by atomic mass is 32.1. The van der Waals surface area contributed by atoms with E-state index in [2.05, 4.69) is 47.7 Å². The molecule has 0 heterocycles. The summed E-state index contributed by atoms with van der Waals surface area (Å²) in [5, 5.41) is 9.56. The molecule has 190 valence electrons. The van der Waals surface area contributed by atoms with Gasteiger partial charge < -0.3 is 26.0 Å². The van der Waals surface area contributed by atoms with Crippen LogP contribution in [0.1, 0.15) is 54.9 Å². The van der Waals surface area contributed by atoms with Crippen LogP contribution in [0.25, 0.3) is 0 Å². The highest BCUT2D eigenvalue weighted by Gasteiger charge is 2.32. The molecule has 0 aromatic heterocycles. The highest BCUT2D eigenvalue weighted by Crippen LogP contribution is 2.24. The summed E-state index contributed by atoms with van der Waals surface area (Å²) in [4.78, 5) is 59.1. The maximum Gasteiger partial charge on any atom is 0.239 e. The fourth-order valence-electron chi connectivity index (χ4n) is 2.73. The van der Waals surface area contributed by atoms with Gasteiger partial charge in [0.25, 0.3) is 0 Å². The average molecular weight is 489 g/mol. The molecule has 4 amide bonds. The van der Waals surface area contributed by atoms with Crippen molar-refractivity contribution in [2.24, 2.45) is 11.8 Å². The summed E-state index contributed by atoms with van der Waals surface area (Å²) >= 11 is 4.37. The van der Waals surface area contributed by atoms with Crippen LogP contribution in [0.5, 0.6) is 0 Å². The van der Waals surface area contributed by atoms with Crippen LogP contribution in [0.3, 0.4) is 0 Å². The molecule has 0 saturated carbocycles. The Bertz CT molecular complexity index is 707. The van der Waals surface area contributed by atoms with Crippen LogP contribution in [0, 0.1) is 11.8 Å². The smallest absolute Gasteiger partial charge is 0.239 e. The molecule has 0 bridgehead atoms. The Morgan fingerprint density at radius 3 is 1.61 bits per heavy atom. The quantitative estimate of drug-likeness (QED) is 0.209. The van der Waals surface area contributed by atoms with E-state index in [9.17, 15) is 24.0 Å². The van der Waals surface area contributed by atoms with Crippen molar-refractivity contribution in [3.63, 3.8) is 0 Å². The summed E-state index contributed by atoms with van der Waals surface area (Å²) in [6, 6.07) is 0. The Morgan fingerprint density at radius 2 is 1.18 bits per heavy atom. The lowest BCUT2D eigenvalue weighted by Gasteiger charge is -2.31. The van der Waals surface area contributed by atoms with Crippen LogP contribution < -0.4 is 21.3 Å². The molecule has 0 aliphatic rings. The second kappa shape index (κ2) is 14.2. The van der Waals surface area contributed by atoms with E-state index in [0.717, 1.165) is 6.42 Å². The van der Waals surface area contributed by atoms with Gasteiger partial charge in [0.05, 0.1) is 38.4 Å². The molecule has 0 spiro atoms. The summed E-state index contributed by atoms with van der Waals surface area (Å²) in [6.45, 7) is 12.1. The van der Waals surface area contributed by atoms with Gasteiger partial charge in [-0.15, -0.1) is 0 Å². The minimum Gasteiger partial charge on any atom is -0.374 e. The van der Waals surface area contributed by atoms with Gasteiger partial charge in [0, 0.05) is 5.92 Å². The van der Waals surface area contributed by atoms with Crippen LogP contribution in [-0.2, 0) is 28.7 Å². The second-order valence-electron chi connectivity index (χ2n) is 9.55.